The zero-order chi connectivity index (χ0) is 20.5. The van der Waals surface area contributed by atoms with E-state index in [0.29, 0.717) is 0 Å². The number of hydrogen-bond donors (Lipinski definition) is 1. The second kappa shape index (κ2) is 11.1. The largest absolute Gasteiger partial charge is 0.468 e. The summed E-state index contributed by atoms with van der Waals surface area (Å²) >= 11 is 0. The molecular formula is C25H34N2O2. The second-order valence-electron chi connectivity index (χ2n) is 8.03. The third-order valence-corrected chi connectivity index (χ3v) is 5.94. The number of aryl methyl sites for hydroxylation is 1. The molecule has 0 aliphatic carbocycles. The van der Waals surface area contributed by atoms with Crippen LogP contribution in [0.3, 0.4) is 0 Å². The Hall–Kier alpha value is -2.17. The number of carbonyl (C=O) groups excluding carboxylic acids is 1. The fraction of sp³-hybridized carbons (Fsp3) is 0.480. The highest BCUT2D eigenvalue weighted by atomic mass is 16.5. The molecule has 1 heterocycles. The third kappa shape index (κ3) is 6.69. The second-order valence-corrected chi connectivity index (χ2v) is 8.03. The van der Waals surface area contributed by atoms with E-state index in [0.717, 1.165) is 31.8 Å². The molecule has 0 saturated carbocycles. The predicted octanol–water partition coefficient (Wildman–Crippen LogP) is 4.08. The molecule has 29 heavy (non-hydrogen) atoms. The Morgan fingerprint density at radius 1 is 1.03 bits per heavy atom. The van der Waals surface area contributed by atoms with E-state index in [4.69, 9.17) is 0 Å². The van der Waals surface area contributed by atoms with Crippen molar-refractivity contribution in [1.29, 1.82) is 0 Å². The van der Waals surface area contributed by atoms with Gasteiger partial charge < -0.3 is 15.0 Å². The summed E-state index contributed by atoms with van der Waals surface area (Å²) < 4.78 is 4.61. The van der Waals surface area contributed by atoms with Crippen molar-refractivity contribution in [3.63, 3.8) is 0 Å². The number of nitrogens with one attached hydrogen (secondary N) is 1. The van der Waals surface area contributed by atoms with Gasteiger partial charge in [-0.3, -0.25) is 4.79 Å². The van der Waals surface area contributed by atoms with E-state index < -0.39 is 0 Å². The van der Waals surface area contributed by atoms with Gasteiger partial charge in [-0.1, -0.05) is 48.5 Å². The highest BCUT2D eigenvalue weighted by Gasteiger charge is 2.19. The van der Waals surface area contributed by atoms with E-state index in [1.165, 1.54) is 55.3 Å². The average molecular weight is 395 g/mol. The topological polar surface area (TPSA) is 41.6 Å². The lowest BCUT2D eigenvalue weighted by molar-refractivity contribution is -0.139. The van der Waals surface area contributed by atoms with Crippen LogP contribution in [0.5, 0.6) is 0 Å². The van der Waals surface area contributed by atoms with Crippen molar-refractivity contribution in [2.75, 3.05) is 33.3 Å². The van der Waals surface area contributed by atoms with Crippen molar-refractivity contribution < 1.29 is 9.53 Å². The van der Waals surface area contributed by atoms with Gasteiger partial charge in [0, 0.05) is 12.6 Å². The highest BCUT2D eigenvalue weighted by Crippen LogP contribution is 2.22. The van der Waals surface area contributed by atoms with Crippen molar-refractivity contribution in [2.24, 2.45) is 0 Å². The Morgan fingerprint density at radius 3 is 2.21 bits per heavy atom. The first-order valence-corrected chi connectivity index (χ1v) is 10.9. The van der Waals surface area contributed by atoms with Gasteiger partial charge in [-0.2, -0.15) is 0 Å². The summed E-state index contributed by atoms with van der Waals surface area (Å²) in [6.07, 6.45) is 5.83. The monoisotopic (exact) mass is 394 g/mol. The van der Waals surface area contributed by atoms with E-state index >= 15 is 0 Å². The Labute approximate surface area is 175 Å². The number of methoxy groups -OCH3 is 1. The molecule has 4 nitrogen and oxygen atoms in total. The van der Waals surface area contributed by atoms with Gasteiger partial charge in [0.2, 0.25) is 0 Å². The van der Waals surface area contributed by atoms with Crippen LogP contribution in [0.25, 0.3) is 11.1 Å². The Bertz CT molecular complexity index is 755. The van der Waals surface area contributed by atoms with E-state index in [1.807, 2.05) is 0 Å². The number of benzene rings is 2. The summed E-state index contributed by atoms with van der Waals surface area (Å²) in [7, 11) is 1.41. The summed E-state index contributed by atoms with van der Waals surface area (Å²) in [5.41, 5.74) is 5.28. The number of ether oxygens (including phenoxy) is 1. The van der Waals surface area contributed by atoms with Crippen LogP contribution in [0.4, 0.5) is 0 Å². The van der Waals surface area contributed by atoms with Crippen LogP contribution in [-0.4, -0.2) is 50.2 Å². The van der Waals surface area contributed by atoms with Crippen LogP contribution in [0, 0.1) is 0 Å². The van der Waals surface area contributed by atoms with Gasteiger partial charge in [-0.05, 0) is 74.4 Å². The molecule has 4 heteroatoms. The summed E-state index contributed by atoms with van der Waals surface area (Å²) in [6, 6.07) is 18.6. The van der Waals surface area contributed by atoms with Gasteiger partial charge in [0.25, 0.3) is 0 Å². The molecule has 0 amide bonds. The summed E-state index contributed by atoms with van der Waals surface area (Å²) in [4.78, 5) is 13.7. The smallest absolute Gasteiger partial charge is 0.319 e. The third-order valence-electron chi connectivity index (χ3n) is 5.94. The van der Waals surface area contributed by atoms with Crippen molar-refractivity contribution in [3.8, 4) is 11.1 Å². The van der Waals surface area contributed by atoms with Gasteiger partial charge in [0.1, 0.15) is 0 Å². The number of nitrogens with zero attached hydrogens (tertiary/aromatic N) is 1. The molecule has 0 spiro atoms. The van der Waals surface area contributed by atoms with Crippen molar-refractivity contribution in [2.45, 2.75) is 45.1 Å². The number of likely N-dealkylation sites (tertiary alicyclic amines) is 1. The Balaban J connectivity index is 1.43. The van der Waals surface area contributed by atoms with E-state index in [2.05, 4.69) is 70.4 Å². The van der Waals surface area contributed by atoms with Crippen LogP contribution in [-0.2, 0) is 22.4 Å². The maximum atomic E-state index is 11.1. The van der Waals surface area contributed by atoms with Crippen molar-refractivity contribution >= 4 is 5.97 Å². The maximum absolute atomic E-state index is 11.1. The summed E-state index contributed by atoms with van der Waals surface area (Å²) in [5, 5.41) is 3.10. The predicted molar refractivity (Wildman–Crippen MR) is 119 cm³/mol. The molecule has 3 rings (SSSR count). The van der Waals surface area contributed by atoms with Crippen LogP contribution in [0.15, 0.2) is 48.5 Å². The Morgan fingerprint density at radius 2 is 1.66 bits per heavy atom. The summed E-state index contributed by atoms with van der Waals surface area (Å²) in [5.74, 6) is -0.217. The lowest BCUT2D eigenvalue weighted by Gasteiger charge is -2.20. The lowest BCUT2D eigenvalue weighted by atomic mass is 10.0. The first-order chi connectivity index (χ1) is 14.2. The molecule has 156 valence electrons. The van der Waals surface area contributed by atoms with Gasteiger partial charge in [0.15, 0.2) is 0 Å². The molecular weight excluding hydrogens is 360 g/mol. The number of hydrogen-bond acceptors (Lipinski definition) is 4. The molecule has 2 aromatic carbocycles. The van der Waals surface area contributed by atoms with Gasteiger partial charge in [-0.15, -0.1) is 0 Å². The molecule has 0 aromatic heterocycles. The maximum Gasteiger partial charge on any atom is 0.319 e. The van der Waals surface area contributed by atoms with Gasteiger partial charge in [-0.25, -0.2) is 0 Å². The molecule has 1 N–H and O–H groups in total. The molecule has 0 bridgehead atoms. The highest BCUT2D eigenvalue weighted by molar-refractivity contribution is 5.71. The van der Waals surface area contributed by atoms with Crippen LogP contribution < -0.4 is 5.32 Å². The van der Waals surface area contributed by atoms with E-state index in [9.17, 15) is 4.79 Å². The zero-order valence-electron chi connectivity index (χ0n) is 17.8. The normalized spacial score (nSPS) is 16.8. The Kier molecular flexibility index (Phi) is 8.26. The quantitative estimate of drug-likeness (QED) is 0.487. The molecule has 2 aromatic rings. The molecule has 1 aliphatic rings. The SMILES string of the molecule is COC(=O)CNCCCc1ccc(-c2ccc(CCN3CCC[C@H]3C)cc2)cc1. The van der Waals surface area contributed by atoms with Crippen LogP contribution in [0.1, 0.15) is 37.3 Å². The van der Waals surface area contributed by atoms with Gasteiger partial charge in [0.05, 0.1) is 13.7 Å². The minimum absolute atomic E-state index is 0.217. The van der Waals surface area contributed by atoms with Crippen molar-refractivity contribution in [3.05, 3.63) is 59.7 Å². The average Bonchev–Trinajstić information content (AvgIpc) is 3.17. The summed E-state index contributed by atoms with van der Waals surface area (Å²) in [6.45, 7) is 5.87. The molecule has 1 saturated heterocycles. The van der Waals surface area contributed by atoms with Gasteiger partial charge >= 0.3 is 5.97 Å². The molecule has 0 unspecified atom stereocenters. The van der Waals surface area contributed by atoms with E-state index in [1.54, 1.807) is 0 Å². The lowest BCUT2D eigenvalue weighted by Crippen LogP contribution is -2.28. The fourth-order valence-electron chi connectivity index (χ4n) is 4.01. The van der Waals surface area contributed by atoms with Crippen LogP contribution in [0.2, 0.25) is 0 Å². The first-order valence-electron chi connectivity index (χ1n) is 10.9. The fourth-order valence-corrected chi connectivity index (χ4v) is 4.01. The zero-order valence-corrected chi connectivity index (χ0v) is 17.8. The standard InChI is InChI=1S/C25H34N2O2/c1-20-5-4-17-27(20)18-15-22-9-13-24(14-10-22)23-11-7-21(8-12-23)6-3-16-26-19-25(28)29-2/h7-14,20,26H,3-6,15-19H2,1-2H3/t20-/m1/s1. The van der Waals surface area contributed by atoms with Crippen molar-refractivity contribution in [1.82, 2.24) is 10.2 Å². The molecule has 1 atom stereocenters. The number of esters is 1. The number of rotatable bonds is 10. The number of carbonyl (C=O) groups is 1. The molecule has 1 aliphatic heterocycles. The first kappa shape index (κ1) is 21.5. The molecule has 0 radical (unpaired) electrons. The van der Waals surface area contributed by atoms with E-state index in [-0.39, 0.29) is 12.5 Å². The van der Waals surface area contributed by atoms with Crippen LogP contribution >= 0.6 is 0 Å². The minimum Gasteiger partial charge on any atom is -0.468 e. The minimum atomic E-state index is -0.217. The molecule has 1 fully saturated rings.